The average molecular weight is 432 g/mol. The Morgan fingerprint density at radius 2 is 1.56 bits per heavy atom. The van der Waals surface area contributed by atoms with Crippen molar-refractivity contribution in [3.8, 4) is 11.5 Å². The van der Waals surface area contributed by atoms with Crippen LogP contribution in [-0.4, -0.2) is 17.7 Å². The highest BCUT2D eigenvalue weighted by atomic mass is 16.6. The van der Waals surface area contributed by atoms with Gasteiger partial charge in [-0.15, -0.1) is 0 Å². The topological polar surface area (TPSA) is 56.8 Å². The number of hydrogen-bond acceptors (Lipinski definition) is 4. The molecule has 3 aromatic carbocycles. The van der Waals surface area contributed by atoms with Crippen molar-refractivity contribution in [3.63, 3.8) is 0 Å². The van der Waals surface area contributed by atoms with Crippen molar-refractivity contribution in [2.24, 2.45) is 0 Å². The molecule has 32 heavy (non-hydrogen) atoms. The van der Waals surface area contributed by atoms with Crippen LogP contribution in [0.2, 0.25) is 0 Å². The van der Waals surface area contributed by atoms with Gasteiger partial charge in [0, 0.05) is 0 Å². The lowest BCUT2D eigenvalue weighted by Gasteiger charge is -2.25. The molecule has 5 nitrogen and oxygen atoms in total. The molecule has 3 aromatic rings. The fraction of sp³-hybridized carbons (Fsp3) is 0.296. The molecule has 1 aliphatic carbocycles. The lowest BCUT2D eigenvalue weighted by Crippen LogP contribution is -2.42. The van der Waals surface area contributed by atoms with Gasteiger partial charge in [0.25, 0.3) is 0 Å². The summed E-state index contributed by atoms with van der Waals surface area (Å²) in [6, 6.07) is 25.5. The molecule has 0 spiro atoms. The molecule has 0 unspecified atom stereocenters. The summed E-state index contributed by atoms with van der Waals surface area (Å²) in [6.45, 7) is 6.07. The van der Waals surface area contributed by atoms with E-state index in [9.17, 15) is 4.79 Å². The van der Waals surface area contributed by atoms with Gasteiger partial charge < -0.3 is 19.5 Å². The Kier molecular flexibility index (Phi) is 6.35. The second-order valence-corrected chi connectivity index (χ2v) is 8.94. The number of amides is 1. The summed E-state index contributed by atoms with van der Waals surface area (Å²) in [4.78, 5) is 12.4. The maximum Gasteiger partial charge on any atom is 0.408 e. The third-order valence-electron chi connectivity index (χ3n) is 5.20. The average Bonchev–Trinajstić information content (AvgIpc) is 3.09. The zero-order valence-electron chi connectivity index (χ0n) is 18.7. The minimum absolute atomic E-state index is 0.212. The maximum atomic E-state index is 12.4. The van der Waals surface area contributed by atoms with Crippen LogP contribution in [0.1, 0.15) is 43.6 Å². The summed E-state index contributed by atoms with van der Waals surface area (Å²) < 4.78 is 17.7. The van der Waals surface area contributed by atoms with Crippen LogP contribution in [-0.2, 0) is 17.8 Å². The molecule has 0 fully saturated rings. The fourth-order valence-electron chi connectivity index (χ4n) is 3.79. The van der Waals surface area contributed by atoms with E-state index in [1.165, 1.54) is 5.56 Å². The van der Waals surface area contributed by atoms with E-state index in [4.69, 9.17) is 14.2 Å². The first-order chi connectivity index (χ1) is 15.4. The predicted molar refractivity (Wildman–Crippen MR) is 124 cm³/mol. The van der Waals surface area contributed by atoms with E-state index in [0.29, 0.717) is 13.0 Å². The van der Waals surface area contributed by atoms with Gasteiger partial charge in [0.15, 0.2) is 0 Å². The Labute approximate surface area is 189 Å². The predicted octanol–water partition coefficient (Wildman–Crippen LogP) is 5.84. The zero-order valence-corrected chi connectivity index (χ0v) is 18.7. The van der Waals surface area contributed by atoms with Crippen molar-refractivity contribution in [2.45, 2.75) is 51.5 Å². The first kappa shape index (κ1) is 21.8. The number of rotatable bonds is 6. The number of carbonyl (C=O) groups is 1. The van der Waals surface area contributed by atoms with E-state index < -0.39 is 11.7 Å². The molecular weight excluding hydrogens is 402 g/mol. The molecule has 0 aliphatic heterocycles. The smallest absolute Gasteiger partial charge is 0.408 e. The molecule has 1 aliphatic rings. The van der Waals surface area contributed by atoms with Crippen molar-refractivity contribution in [3.05, 3.63) is 95.6 Å². The number of alkyl carbamates (subject to hydrolysis) is 1. The van der Waals surface area contributed by atoms with Gasteiger partial charge in [0.2, 0.25) is 0 Å². The van der Waals surface area contributed by atoms with Crippen molar-refractivity contribution in [1.29, 1.82) is 0 Å². The van der Waals surface area contributed by atoms with Crippen LogP contribution < -0.4 is 14.8 Å². The molecular formula is C27H29NO4. The molecule has 0 saturated carbocycles. The van der Waals surface area contributed by atoms with Gasteiger partial charge in [-0.05, 0) is 68.1 Å². The van der Waals surface area contributed by atoms with Gasteiger partial charge in [0.1, 0.15) is 29.8 Å². The summed E-state index contributed by atoms with van der Waals surface area (Å²) >= 11 is 0. The molecule has 166 valence electrons. The highest BCUT2D eigenvalue weighted by Gasteiger charge is 2.36. The zero-order chi connectivity index (χ0) is 22.6. The maximum absolute atomic E-state index is 12.4. The highest BCUT2D eigenvalue weighted by molar-refractivity contribution is 5.68. The first-order valence-corrected chi connectivity index (χ1v) is 10.9. The van der Waals surface area contributed by atoms with E-state index in [1.54, 1.807) is 0 Å². The normalized spacial score (nSPS) is 17.3. The van der Waals surface area contributed by atoms with E-state index in [1.807, 2.05) is 93.6 Å². The number of fused-ring (bicyclic) bond motifs is 1. The van der Waals surface area contributed by atoms with E-state index >= 15 is 0 Å². The van der Waals surface area contributed by atoms with Gasteiger partial charge in [-0.3, -0.25) is 0 Å². The molecule has 1 amide bonds. The fourth-order valence-corrected chi connectivity index (χ4v) is 3.79. The Balaban J connectivity index is 1.43. The molecule has 0 aromatic heterocycles. The quantitative estimate of drug-likeness (QED) is 0.533. The van der Waals surface area contributed by atoms with Crippen LogP contribution in [0.5, 0.6) is 11.5 Å². The Morgan fingerprint density at radius 3 is 2.28 bits per heavy atom. The SMILES string of the molecule is CC(C)(C)OC(=O)N[C@H]1Cc2ccccc2[C@H]1Oc1ccc(OCc2ccccc2)cc1. The summed E-state index contributed by atoms with van der Waals surface area (Å²) in [5.74, 6) is 1.49. The van der Waals surface area contributed by atoms with Crippen molar-refractivity contribution < 1.29 is 19.0 Å². The summed E-state index contributed by atoms with van der Waals surface area (Å²) in [5, 5.41) is 2.99. The van der Waals surface area contributed by atoms with Crippen LogP contribution in [0.15, 0.2) is 78.9 Å². The van der Waals surface area contributed by atoms with E-state index in [0.717, 1.165) is 22.6 Å². The van der Waals surface area contributed by atoms with Gasteiger partial charge in [-0.1, -0.05) is 54.6 Å². The van der Waals surface area contributed by atoms with Gasteiger partial charge in [-0.2, -0.15) is 0 Å². The second-order valence-electron chi connectivity index (χ2n) is 8.94. The van der Waals surface area contributed by atoms with Gasteiger partial charge >= 0.3 is 6.09 Å². The minimum atomic E-state index is -0.554. The summed E-state index contributed by atoms with van der Waals surface area (Å²) in [7, 11) is 0. The third kappa shape index (κ3) is 5.61. The van der Waals surface area contributed by atoms with Crippen LogP contribution in [0.4, 0.5) is 4.79 Å². The van der Waals surface area contributed by atoms with Gasteiger partial charge in [0.05, 0.1) is 6.04 Å². The summed E-state index contributed by atoms with van der Waals surface area (Å²) in [6.07, 6.45) is -0.0402. The van der Waals surface area contributed by atoms with Crippen molar-refractivity contribution in [2.75, 3.05) is 0 Å². The molecule has 0 bridgehead atoms. The monoisotopic (exact) mass is 431 g/mol. The Hall–Kier alpha value is -3.47. The van der Waals surface area contributed by atoms with Crippen LogP contribution >= 0.6 is 0 Å². The van der Waals surface area contributed by atoms with Gasteiger partial charge in [-0.25, -0.2) is 4.79 Å². The van der Waals surface area contributed by atoms with Crippen LogP contribution in [0, 0.1) is 0 Å². The molecule has 0 radical (unpaired) electrons. The standard InChI is InChI=1S/C27H29NO4/c1-27(2,3)32-26(29)28-24-17-20-11-7-8-12-23(20)25(24)31-22-15-13-21(14-16-22)30-18-19-9-5-4-6-10-19/h4-16,24-25H,17-18H2,1-3H3,(H,28,29)/t24-,25+/m0/s1. The number of hydrogen-bond donors (Lipinski definition) is 1. The first-order valence-electron chi connectivity index (χ1n) is 10.9. The Morgan fingerprint density at radius 1 is 0.906 bits per heavy atom. The Bertz CT molecular complexity index is 1040. The number of benzene rings is 3. The molecule has 1 N–H and O–H groups in total. The number of ether oxygens (including phenoxy) is 3. The highest BCUT2D eigenvalue weighted by Crippen LogP contribution is 2.36. The molecule has 5 heteroatoms. The molecule has 0 heterocycles. The summed E-state index contributed by atoms with van der Waals surface area (Å²) in [5.41, 5.74) is 2.81. The minimum Gasteiger partial charge on any atom is -0.489 e. The number of nitrogens with one attached hydrogen (secondary N) is 1. The molecule has 2 atom stereocenters. The van der Waals surface area contributed by atoms with Crippen molar-refractivity contribution in [1.82, 2.24) is 5.32 Å². The second kappa shape index (κ2) is 9.35. The number of carbonyl (C=O) groups excluding carboxylic acids is 1. The van der Waals surface area contributed by atoms with E-state index in [-0.39, 0.29) is 12.1 Å². The van der Waals surface area contributed by atoms with Crippen molar-refractivity contribution >= 4 is 6.09 Å². The lowest BCUT2D eigenvalue weighted by atomic mass is 10.1. The largest absolute Gasteiger partial charge is 0.489 e. The lowest BCUT2D eigenvalue weighted by molar-refractivity contribution is 0.0456. The van der Waals surface area contributed by atoms with E-state index in [2.05, 4.69) is 11.4 Å². The van der Waals surface area contributed by atoms with Crippen LogP contribution in [0.25, 0.3) is 0 Å². The molecule has 4 rings (SSSR count). The van der Waals surface area contributed by atoms with Crippen LogP contribution in [0.3, 0.4) is 0 Å². The third-order valence-corrected chi connectivity index (χ3v) is 5.20. The molecule has 0 saturated heterocycles.